The summed E-state index contributed by atoms with van der Waals surface area (Å²) in [6.07, 6.45) is -1.02. The highest BCUT2D eigenvalue weighted by molar-refractivity contribution is 6.49. The van der Waals surface area contributed by atoms with Gasteiger partial charge in [0.2, 0.25) is 5.60 Å². The first kappa shape index (κ1) is 14.8. The van der Waals surface area contributed by atoms with E-state index in [0.717, 1.165) is 0 Å². The number of aromatic hydroxyl groups is 2. The summed E-state index contributed by atoms with van der Waals surface area (Å²) in [5.74, 6) is 0.0641. The summed E-state index contributed by atoms with van der Waals surface area (Å²) in [5.41, 5.74) is -0.812. The second kappa shape index (κ2) is 4.97. The maximum absolute atomic E-state index is 11.6. The second-order valence-electron chi connectivity index (χ2n) is 4.75. The number of phenolic OH excluding ortho intramolecular Hbond substituents is 2. The fourth-order valence-electron chi connectivity index (χ4n) is 2.39. The number of rotatable bonds is 2. The molecule has 114 valence electrons. The van der Waals surface area contributed by atoms with Gasteiger partial charge >= 0.3 is 10.7 Å². The SMILES string of the molecule is O=C1OC(Cl)(Cl)C(c2ccc(O)cc2)(c2ccc(O)cc2)O1. The standard InChI is InChI=1S/C15H10Cl2O5/c16-15(17)14(21-13(20)22-15,9-1-5-11(18)6-2-9)10-3-7-12(19)8-4-10/h1-8,18-19H. The highest BCUT2D eigenvalue weighted by Gasteiger charge is 2.64. The zero-order valence-corrected chi connectivity index (χ0v) is 12.5. The molecule has 2 aromatic rings. The molecule has 2 N–H and O–H groups in total. The third kappa shape index (κ3) is 2.14. The van der Waals surface area contributed by atoms with Crippen molar-refractivity contribution in [2.75, 3.05) is 0 Å². The number of benzene rings is 2. The Morgan fingerprint density at radius 3 is 1.50 bits per heavy atom. The number of hydrogen-bond acceptors (Lipinski definition) is 5. The molecule has 3 rings (SSSR count). The lowest BCUT2D eigenvalue weighted by Gasteiger charge is -2.33. The van der Waals surface area contributed by atoms with Crippen LogP contribution in [-0.2, 0) is 15.1 Å². The minimum absolute atomic E-state index is 0.0320. The van der Waals surface area contributed by atoms with E-state index in [-0.39, 0.29) is 11.5 Å². The molecule has 0 amide bonds. The molecule has 1 saturated heterocycles. The Hall–Kier alpha value is -2.11. The van der Waals surface area contributed by atoms with Gasteiger partial charge in [-0.2, -0.15) is 0 Å². The summed E-state index contributed by atoms with van der Waals surface area (Å²) < 4.78 is 8.19. The lowest BCUT2D eigenvalue weighted by atomic mass is 9.86. The molecular formula is C15H10Cl2O5. The normalized spacial score (nSPS) is 18.5. The summed E-state index contributed by atoms with van der Waals surface area (Å²) in [6, 6.07) is 11.7. The van der Waals surface area contributed by atoms with Crippen molar-refractivity contribution in [3.8, 4) is 11.5 Å². The minimum Gasteiger partial charge on any atom is -0.508 e. The van der Waals surface area contributed by atoms with Crippen LogP contribution in [0.25, 0.3) is 0 Å². The molecule has 0 saturated carbocycles. The average molecular weight is 341 g/mol. The predicted molar refractivity (Wildman–Crippen MR) is 79.0 cm³/mol. The number of alkyl halides is 2. The van der Waals surface area contributed by atoms with Crippen molar-refractivity contribution in [3.05, 3.63) is 59.7 Å². The molecule has 1 aliphatic heterocycles. The van der Waals surface area contributed by atoms with E-state index in [4.69, 9.17) is 32.7 Å². The molecule has 0 atom stereocenters. The molecule has 1 aliphatic rings. The molecule has 0 spiro atoms. The second-order valence-corrected chi connectivity index (χ2v) is 6.00. The van der Waals surface area contributed by atoms with E-state index in [0.29, 0.717) is 11.1 Å². The van der Waals surface area contributed by atoms with E-state index >= 15 is 0 Å². The van der Waals surface area contributed by atoms with Crippen molar-refractivity contribution in [1.29, 1.82) is 0 Å². The first-order valence-electron chi connectivity index (χ1n) is 6.24. The zero-order chi connectivity index (χ0) is 16.0. The molecule has 1 heterocycles. The molecule has 0 radical (unpaired) electrons. The van der Waals surface area contributed by atoms with Crippen LogP contribution in [0.1, 0.15) is 11.1 Å². The van der Waals surface area contributed by atoms with E-state index in [1.807, 2.05) is 0 Å². The van der Waals surface area contributed by atoms with Crippen LogP contribution < -0.4 is 0 Å². The molecular weight excluding hydrogens is 331 g/mol. The van der Waals surface area contributed by atoms with Gasteiger partial charge in [0, 0.05) is 11.1 Å². The van der Waals surface area contributed by atoms with E-state index in [1.165, 1.54) is 48.5 Å². The zero-order valence-electron chi connectivity index (χ0n) is 11.0. The van der Waals surface area contributed by atoms with Crippen LogP contribution in [0.5, 0.6) is 11.5 Å². The quantitative estimate of drug-likeness (QED) is 0.644. The molecule has 22 heavy (non-hydrogen) atoms. The number of cyclic esters (lactones) is 2. The Morgan fingerprint density at radius 1 is 0.773 bits per heavy atom. The van der Waals surface area contributed by atoms with Gasteiger partial charge in [0.15, 0.2) is 0 Å². The largest absolute Gasteiger partial charge is 0.512 e. The Kier molecular flexibility index (Phi) is 3.34. The monoisotopic (exact) mass is 340 g/mol. The number of ether oxygens (including phenoxy) is 2. The van der Waals surface area contributed by atoms with Gasteiger partial charge in [-0.1, -0.05) is 47.5 Å². The Balaban J connectivity index is 2.25. The molecule has 0 bridgehead atoms. The molecule has 0 aliphatic carbocycles. The number of hydrogen-bond donors (Lipinski definition) is 2. The van der Waals surface area contributed by atoms with Crippen molar-refractivity contribution in [1.82, 2.24) is 0 Å². The van der Waals surface area contributed by atoms with E-state index < -0.39 is 16.3 Å². The van der Waals surface area contributed by atoms with Gasteiger partial charge in [-0.15, -0.1) is 0 Å². The van der Waals surface area contributed by atoms with Crippen LogP contribution in [0.2, 0.25) is 0 Å². The molecule has 0 aromatic heterocycles. The van der Waals surface area contributed by atoms with Crippen molar-refractivity contribution < 1.29 is 24.5 Å². The smallest absolute Gasteiger partial charge is 0.508 e. The average Bonchev–Trinajstić information content (AvgIpc) is 2.70. The maximum Gasteiger partial charge on any atom is 0.512 e. The van der Waals surface area contributed by atoms with Crippen LogP contribution in [0.3, 0.4) is 0 Å². The lowest BCUT2D eigenvalue weighted by Crippen LogP contribution is -2.42. The predicted octanol–water partition coefficient (Wildman–Crippen LogP) is 3.64. The lowest BCUT2D eigenvalue weighted by molar-refractivity contribution is 0.0743. The van der Waals surface area contributed by atoms with Gasteiger partial charge in [-0.3, -0.25) is 0 Å². The van der Waals surface area contributed by atoms with Crippen LogP contribution in [0.4, 0.5) is 4.79 Å². The molecule has 7 heteroatoms. The van der Waals surface area contributed by atoms with Gasteiger partial charge in [0.05, 0.1) is 0 Å². The van der Waals surface area contributed by atoms with Crippen molar-refractivity contribution >= 4 is 29.4 Å². The summed E-state index contributed by atoms with van der Waals surface area (Å²) in [7, 11) is 0. The first-order valence-corrected chi connectivity index (χ1v) is 6.99. The van der Waals surface area contributed by atoms with Crippen LogP contribution in [0.15, 0.2) is 48.5 Å². The van der Waals surface area contributed by atoms with Crippen molar-refractivity contribution in [3.63, 3.8) is 0 Å². The Labute approximate surface area is 135 Å². The van der Waals surface area contributed by atoms with Gasteiger partial charge < -0.3 is 19.7 Å². The number of carbonyl (C=O) groups excluding carboxylic acids is 1. The Bertz CT molecular complexity index is 664. The summed E-state index contributed by atoms with van der Waals surface area (Å²) in [5, 5.41) is 18.9. The Morgan fingerprint density at radius 2 is 1.18 bits per heavy atom. The summed E-state index contributed by atoms with van der Waals surface area (Å²) >= 11 is 12.4. The van der Waals surface area contributed by atoms with Crippen molar-refractivity contribution in [2.24, 2.45) is 0 Å². The van der Waals surface area contributed by atoms with Crippen LogP contribution in [-0.4, -0.2) is 20.9 Å². The fraction of sp³-hybridized carbons (Fsp3) is 0.133. The molecule has 5 nitrogen and oxygen atoms in total. The number of phenols is 2. The maximum atomic E-state index is 11.6. The van der Waals surface area contributed by atoms with Gasteiger partial charge in [0.25, 0.3) is 0 Å². The molecule has 0 unspecified atom stereocenters. The van der Waals surface area contributed by atoms with Crippen LogP contribution >= 0.6 is 23.2 Å². The molecule has 2 aromatic carbocycles. The summed E-state index contributed by atoms with van der Waals surface area (Å²) in [4.78, 5) is 11.6. The number of carbonyl (C=O) groups is 1. The minimum atomic E-state index is -2.02. The fourth-order valence-corrected chi connectivity index (χ4v) is 3.03. The number of halogens is 2. The first-order chi connectivity index (χ1) is 10.3. The van der Waals surface area contributed by atoms with E-state index in [9.17, 15) is 15.0 Å². The topological polar surface area (TPSA) is 76.0 Å². The third-order valence-corrected chi connectivity index (χ3v) is 4.09. The van der Waals surface area contributed by atoms with E-state index in [2.05, 4.69) is 0 Å². The highest BCUT2D eigenvalue weighted by Crippen LogP contribution is 2.54. The third-order valence-electron chi connectivity index (χ3n) is 3.41. The van der Waals surface area contributed by atoms with Gasteiger partial charge in [0.1, 0.15) is 11.5 Å². The van der Waals surface area contributed by atoms with Gasteiger partial charge in [-0.25, -0.2) is 4.79 Å². The van der Waals surface area contributed by atoms with Crippen LogP contribution in [0, 0.1) is 0 Å². The van der Waals surface area contributed by atoms with Gasteiger partial charge in [-0.05, 0) is 24.3 Å². The molecule has 1 fully saturated rings. The van der Waals surface area contributed by atoms with E-state index in [1.54, 1.807) is 0 Å². The highest BCUT2D eigenvalue weighted by atomic mass is 35.5. The summed E-state index contributed by atoms with van der Waals surface area (Å²) in [6.45, 7) is 0. The van der Waals surface area contributed by atoms with Crippen molar-refractivity contribution in [2.45, 2.75) is 10.1 Å².